The van der Waals surface area contributed by atoms with E-state index in [-0.39, 0.29) is 11.9 Å². The molecular weight excluding hydrogens is 342 g/mol. The molecule has 0 saturated carbocycles. The lowest BCUT2D eigenvalue weighted by atomic mass is 10.0. The van der Waals surface area contributed by atoms with E-state index in [4.69, 9.17) is 4.52 Å². The van der Waals surface area contributed by atoms with E-state index in [9.17, 15) is 9.59 Å². The smallest absolute Gasteiger partial charge is 0.251 e. The number of carbonyl (C=O) groups excluding carboxylic acids is 2. The molecular formula is C21H19N3O3. The Morgan fingerprint density at radius 1 is 1.30 bits per heavy atom. The third-order valence-corrected chi connectivity index (χ3v) is 4.84. The minimum atomic E-state index is -0.175. The zero-order valence-electron chi connectivity index (χ0n) is 14.9. The maximum atomic E-state index is 12.5. The van der Waals surface area contributed by atoms with Gasteiger partial charge in [0.1, 0.15) is 6.29 Å². The van der Waals surface area contributed by atoms with Gasteiger partial charge >= 0.3 is 0 Å². The fraction of sp³-hybridized carbons (Fsp3) is 0.238. The minimum Gasteiger partial charge on any atom is -0.345 e. The first kappa shape index (κ1) is 17.1. The average Bonchev–Trinajstić information content (AvgIpc) is 3.35. The first-order valence-corrected chi connectivity index (χ1v) is 9.00. The second-order valence-corrected chi connectivity index (χ2v) is 6.59. The molecule has 1 N–H and O–H groups in total. The van der Waals surface area contributed by atoms with Crippen LogP contribution in [0.5, 0.6) is 0 Å². The average molecular weight is 361 g/mol. The third-order valence-electron chi connectivity index (χ3n) is 4.84. The normalized spacial score (nSPS) is 15.4. The van der Waals surface area contributed by atoms with Crippen molar-refractivity contribution in [2.24, 2.45) is 0 Å². The molecule has 27 heavy (non-hydrogen) atoms. The molecule has 1 aliphatic rings. The van der Waals surface area contributed by atoms with Gasteiger partial charge in [0.2, 0.25) is 11.7 Å². The van der Waals surface area contributed by atoms with Crippen molar-refractivity contribution in [2.75, 3.05) is 0 Å². The number of hydrogen-bond donors (Lipinski definition) is 1. The van der Waals surface area contributed by atoms with Gasteiger partial charge in [0.05, 0.1) is 6.04 Å². The van der Waals surface area contributed by atoms with Crippen molar-refractivity contribution in [1.82, 2.24) is 15.5 Å². The highest BCUT2D eigenvalue weighted by molar-refractivity contribution is 5.96. The van der Waals surface area contributed by atoms with Crippen molar-refractivity contribution in [3.63, 3.8) is 0 Å². The maximum absolute atomic E-state index is 12.5. The van der Waals surface area contributed by atoms with E-state index in [1.54, 1.807) is 24.3 Å². The van der Waals surface area contributed by atoms with E-state index < -0.39 is 0 Å². The van der Waals surface area contributed by atoms with Crippen molar-refractivity contribution < 1.29 is 14.1 Å². The molecule has 3 aromatic rings. The second kappa shape index (κ2) is 7.15. The Morgan fingerprint density at radius 2 is 2.19 bits per heavy atom. The summed E-state index contributed by atoms with van der Waals surface area (Å²) in [6.45, 7) is 1.97. The van der Waals surface area contributed by atoms with Crippen LogP contribution in [0.4, 0.5) is 0 Å². The maximum Gasteiger partial charge on any atom is 0.251 e. The van der Waals surface area contributed by atoms with E-state index in [2.05, 4.69) is 21.5 Å². The summed E-state index contributed by atoms with van der Waals surface area (Å²) in [5.41, 5.74) is 4.19. The van der Waals surface area contributed by atoms with Crippen LogP contribution in [0.3, 0.4) is 0 Å². The monoisotopic (exact) mass is 361 g/mol. The Bertz CT molecular complexity index is 1010. The number of aryl methyl sites for hydroxylation is 2. The Hall–Kier alpha value is -3.28. The van der Waals surface area contributed by atoms with Crippen LogP contribution in [0.25, 0.3) is 11.4 Å². The van der Waals surface area contributed by atoms with Crippen molar-refractivity contribution in [2.45, 2.75) is 32.2 Å². The lowest BCUT2D eigenvalue weighted by molar-refractivity contribution is 0.0936. The summed E-state index contributed by atoms with van der Waals surface area (Å²) >= 11 is 0. The van der Waals surface area contributed by atoms with Gasteiger partial charge in [-0.2, -0.15) is 4.98 Å². The second-order valence-electron chi connectivity index (χ2n) is 6.59. The summed E-state index contributed by atoms with van der Waals surface area (Å²) in [4.78, 5) is 27.8. The van der Waals surface area contributed by atoms with E-state index in [1.807, 2.05) is 19.1 Å². The summed E-state index contributed by atoms with van der Waals surface area (Å²) in [5, 5.41) is 7.09. The Labute approximate surface area is 156 Å². The number of fused-ring (bicyclic) bond motifs is 1. The molecule has 1 aromatic heterocycles. The van der Waals surface area contributed by atoms with Crippen LogP contribution in [0, 0.1) is 0 Å². The number of nitrogens with zero attached hydrogens (tertiary/aromatic N) is 2. The lowest BCUT2D eigenvalue weighted by Gasteiger charge is -2.14. The fourth-order valence-corrected chi connectivity index (χ4v) is 3.42. The third kappa shape index (κ3) is 3.38. The molecule has 0 aliphatic heterocycles. The van der Waals surface area contributed by atoms with Gasteiger partial charge in [0, 0.05) is 23.1 Å². The number of aldehydes is 1. The zero-order chi connectivity index (χ0) is 18.8. The SMILES string of the molecule is CCc1nc(-c2ccc3c(c2)CCC3NC(=O)c2cccc(C=O)c2)no1. The molecule has 0 spiro atoms. The molecule has 1 unspecified atom stereocenters. The summed E-state index contributed by atoms with van der Waals surface area (Å²) < 4.78 is 5.19. The van der Waals surface area contributed by atoms with Crippen LogP contribution >= 0.6 is 0 Å². The largest absolute Gasteiger partial charge is 0.345 e. The fourth-order valence-electron chi connectivity index (χ4n) is 3.42. The minimum absolute atomic E-state index is 0.0436. The first-order chi connectivity index (χ1) is 13.2. The predicted molar refractivity (Wildman–Crippen MR) is 99.5 cm³/mol. The van der Waals surface area contributed by atoms with Gasteiger partial charge in [-0.05, 0) is 42.2 Å². The van der Waals surface area contributed by atoms with Gasteiger partial charge in [0.25, 0.3) is 5.91 Å². The Kier molecular flexibility index (Phi) is 4.54. The zero-order valence-corrected chi connectivity index (χ0v) is 14.9. The first-order valence-electron chi connectivity index (χ1n) is 9.00. The highest BCUT2D eigenvalue weighted by Gasteiger charge is 2.25. The molecule has 0 radical (unpaired) electrons. The molecule has 1 aliphatic carbocycles. The number of nitrogens with one attached hydrogen (secondary N) is 1. The van der Waals surface area contributed by atoms with Gasteiger partial charge in [-0.25, -0.2) is 0 Å². The number of benzene rings is 2. The standard InChI is InChI=1S/C21H19N3O3/c1-2-19-23-20(24-27-19)15-6-8-17-14(11-15)7-9-18(17)22-21(26)16-5-3-4-13(10-16)12-25/h3-6,8,10-12,18H,2,7,9H2,1H3,(H,22,26). The number of aromatic nitrogens is 2. The van der Waals surface area contributed by atoms with Crippen LogP contribution in [-0.4, -0.2) is 22.3 Å². The molecule has 6 nitrogen and oxygen atoms in total. The quantitative estimate of drug-likeness (QED) is 0.703. The number of hydrogen-bond acceptors (Lipinski definition) is 5. The van der Waals surface area contributed by atoms with Crippen molar-refractivity contribution in [3.05, 3.63) is 70.6 Å². The van der Waals surface area contributed by atoms with Gasteiger partial charge in [-0.15, -0.1) is 0 Å². The van der Waals surface area contributed by atoms with Crippen molar-refractivity contribution in [1.29, 1.82) is 0 Å². The highest BCUT2D eigenvalue weighted by Crippen LogP contribution is 2.34. The van der Waals surface area contributed by atoms with Crippen molar-refractivity contribution in [3.8, 4) is 11.4 Å². The van der Waals surface area contributed by atoms with Crippen molar-refractivity contribution >= 4 is 12.2 Å². The molecule has 136 valence electrons. The Balaban J connectivity index is 1.53. The van der Waals surface area contributed by atoms with Crippen LogP contribution in [0.1, 0.15) is 57.1 Å². The highest BCUT2D eigenvalue weighted by atomic mass is 16.5. The van der Waals surface area contributed by atoms with Crippen LogP contribution in [-0.2, 0) is 12.8 Å². The number of amides is 1. The van der Waals surface area contributed by atoms with Gasteiger partial charge in [-0.3, -0.25) is 9.59 Å². The number of carbonyl (C=O) groups is 2. The van der Waals surface area contributed by atoms with E-state index in [0.29, 0.717) is 29.3 Å². The molecule has 1 amide bonds. The topological polar surface area (TPSA) is 85.1 Å². The van der Waals surface area contributed by atoms with E-state index in [0.717, 1.165) is 30.3 Å². The van der Waals surface area contributed by atoms with Crippen LogP contribution < -0.4 is 5.32 Å². The molecule has 1 heterocycles. The van der Waals surface area contributed by atoms with Crippen LogP contribution in [0.2, 0.25) is 0 Å². The summed E-state index contributed by atoms with van der Waals surface area (Å²) in [7, 11) is 0. The van der Waals surface area contributed by atoms with Gasteiger partial charge in [0.15, 0.2) is 0 Å². The Morgan fingerprint density at radius 3 is 2.96 bits per heavy atom. The molecule has 0 saturated heterocycles. The molecule has 6 heteroatoms. The molecule has 0 bridgehead atoms. The summed E-state index contributed by atoms with van der Waals surface area (Å²) in [6.07, 6.45) is 3.16. The molecule has 0 fully saturated rings. The number of rotatable bonds is 5. The summed E-state index contributed by atoms with van der Waals surface area (Å²) in [6, 6.07) is 12.7. The summed E-state index contributed by atoms with van der Waals surface area (Å²) in [5.74, 6) is 1.03. The molecule has 4 rings (SSSR count). The van der Waals surface area contributed by atoms with E-state index >= 15 is 0 Å². The molecule has 2 aromatic carbocycles. The molecule has 1 atom stereocenters. The van der Waals surface area contributed by atoms with Gasteiger partial charge in [-0.1, -0.05) is 36.3 Å². The predicted octanol–water partition coefficient (Wildman–Crippen LogP) is 3.53. The van der Waals surface area contributed by atoms with E-state index in [1.165, 1.54) is 5.56 Å². The van der Waals surface area contributed by atoms with Crippen LogP contribution in [0.15, 0.2) is 47.0 Å². The van der Waals surface area contributed by atoms with Gasteiger partial charge < -0.3 is 9.84 Å². The lowest BCUT2D eigenvalue weighted by Crippen LogP contribution is -2.27.